The summed E-state index contributed by atoms with van der Waals surface area (Å²) in [6.45, 7) is 3.91. The minimum Gasteiger partial charge on any atom is -0.493 e. The zero-order chi connectivity index (χ0) is 22.0. The van der Waals surface area contributed by atoms with Gasteiger partial charge in [0.2, 0.25) is 5.96 Å². The molecule has 0 saturated carbocycles. The normalized spacial score (nSPS) is 18.2. The molecule has 4 rings (SSSR count). The minimum absolute atomic E-state index is 0. The van der Waals surface area contributed by atoms with Crippen molar-refractivity contribution in [3.05, 3.63) is 84.1 Å². The molecule has 0 radical (unpaired) electrons. The summed E-state index contributed by atoms with van der Waals surface area (Å²) in [6, 6.07) is 16.5. The van der Waals surface area contributed by atoms with Crippen LogP contribution in [0.15, 0.2) is 82.9 Å². The average molecular weight is 433 g/mol. The van der Waals surface area contributed by atoms with E-state index >= 15 is 0 Å². The highest BCUT2D eigenvalue weighted by Crippen LogP contribution is 2.19. The highest BCUT2D eigenvalue weighted by molar-refractivity contribution is 6.11. The third-order valence-electron chi connectivity index (χ3n) is 5.31. The number of hydrogen-bond acceptors (Lipinski definition) is 6. The Bertz CT molecular complexity index is 1030. The first kappa shape index (κ1) is 22.0. The molecule has 2 heterocycles. The first-order chi connectivity index (χ1) is 15.8. The van der Waals surface area contributed by atoms with E-state index in [1.54, 1.807) is 7.11 Å². The van der Waals surface area contributed by atoms with Crippen molar-refractivity contribution < 1.29 is 10.9 Å². The number of nitrogens with zero attached hydrogens (tertiary/aromatic N) is 3. The maximum Gasteiger partial charge on any atom is 0.227 e. The van der Waals surface area contributed by atoms with Gasteiger partial charge in [0.25, 0.3) is 0 Å². The van der Waals surface area contributed by atoms with E-state index in [1.807, 2.05) is 30.5 Å². The van der Waals surface area contributed by atoms with Crippen LogP contribution in [0.5, 0.6) is 5.75 Å². The summed E-state index contributed by atoms with van der Waals surface area (Å²) in [5, 5.41) is 3.38. The number of benzene rings is 2. The average Bonchev–Trinajstić information content (AvgIpc) is 3.05. The standard InChI is InChI=1S/C26H30N4O2.H2/c1-31-17-15-30-14-3-2-4-16-32-24-11-6-9-22(19-24)25-12-7-13-27-26(29-25)28-23-10-5-8-21(18-23)20-30;/h2-3,5-11,13,18-19H,4,12,14-17,20H2,1H3,(H,27,28);1H/b3-2+;. The van der Waals surface area contributed by atoms with Gasteiger partial charge in [-0.05, 0) is 36.2 Å². The second kappa shape index (κ2) is 11.4. The number of allylic oxidation sites excluding steroid dienone is 1. The summed E-state index contributed by atoms with van der Waals surface area (Å²) >= 11 is 0. The van der Waals surface area contributed by atoms with E-state index in [-0.39, 0.29) is 1.43 Å². The number of methoxy groups -OCH3 is 1. The lowest BCUT2D eigenvalue weighted by atomic mass is 10.1. The molecule has 2 aromatic carbocycles. The predicted octanol–water partition coefficient (Wildman–Crippen LogP) is 4.89. The van der Waals surface area contributed by atoms with Gasteiger partial charge in [0.05, 0.1) is 18.9 Å². The van der Waals surface area contributed by atoms with E-state index in [4.69, 9.17) is 14.5 Å². The maximum absolute atomic E-state index is 5.98. The number of aliphatic imine (C=N–C) groups is 2. The van der Waals surface area contributed by atoms with Gasteiger partial charge in [-0.25, -0.2) is 9.98 Å². The van der Waals surface area contributed by atoms with Crippen LogP contribution in [0.3, 0.4) is 0 Å². The fourth-order valence-electron chi connectivity index (χ4n) is 3.67. The van der Waals surface area contributed by atoms with Gasteiger partial charge in [-0.1, -0.05) is 42.5 Å². The number of hydrogen-bond donors (Lipinski definition) is 1. The summed E-state index contributed by atoms with van der Waals surface area (Å²) < 4.78 is 11.3. The summed E-state index contributed by atoms with van der Waals surface area (Å²) in [4.78, 5) is 11.7. The number of anilines is 1. The van der Waals surface area contributed by atoms with E-state index in [1.165, 1.54) is 5.56 Å². The fraction of sp³-hybridized carbons (Fsp3) is 0.308. The Kier molecular flexibility index (Phi) is 7.84. The Balaban J connectivity index is 0.00000306. The van der Waals surface area contributed by atoms with Crippen LogP contribution in [-0.4, -0.2) is 50.0 Å². The molecule has 2 aliphatic heterocycles. The number of fused-ring (bicyclic) bond motifs is 6. The molecule has 32 heavy (non-hydrogen) atoms. The lowest BCUT2D eigenvalue weighted by Crippen LogP contribution is -2.27. The van der Waals surface area contributed by atoms with E-state index in [2.05, 4.69) is 57.7 Å². The van der Waals surface area contributed by atoms with Gasteiger partial charge >= 0.3 is 0 Å². The molecule has 6 heteroatoms. The monoisotopic (exact) mass is 432 g/mol. The Labute approximate surface area is 191 Å². The molecule has 0 unspecified atom stereocenters. The van der Waals surface area contributed by atoms with Crippen LogP contribution in [0.2, 0.25) is 0 Å². The van der Waals surface area contributed by atoms with Crippen LogP contribution in [0.1, 0.15) is 25.4 Å². The molecule has 0 atom stereocenters. The lowest BCUT2D eigenvalue weighted by Gasteiger charge is -2.21. The first-order valence-electron chi connectivity index (χ1n) is 11.1. The molecule has 0 spiro atoms. The molecule has 0 aliphatic carbocycles. The molecule has 168 valence electrons. The summed E-state index contributed by atoms with van der Waals surface area (Å²) in [7, 11) is 1.74. The van der Waals surface area contributed by atoms with Crippen molar-refractivity contribution in [3.8, 4) is 5.75 Å². The highest BCUT2D eigenvalue weighted by Gasteiger charge is 2.10. The van der Waals surface area contributed by atoms with Crippen LogP contribution in [-0.2, 0) is 11.3 Å². The third-order valence-corrected chi connectivity index (χ3v) is 5.31. The van der Waals surface area contributed by atoms with Gasteiger partial charge in [0.15, 0.2) is 0 Å². The van der Waals surface area contributed by atoms with Crippen molar-refractivity contribution in [3.63, 3.8) is 0 Å². The molecular formula is C26H32N4O2. The molecule has 6 nitrogen and oxygen atoms in total. The van der Waals surface area contributed by atoms with Crippen molar-refractivity contribution in [1.82, 2.24) is 4.90 Å². The smallest absolute Gasteiger partial charge is 0.227 e. The number of nitrogens with one attached hydrogen (secondary N) is 1. The van der Waals surface area contributed by atoms with Crippen molar-refractivity contribution in [2.45, 2.75) is 19.4 Å². The van der Waals surface area contributed by atoms with E-state index in [9.17, 15) is 0 Å². The van der Waals surface area contributed by atoms with Crippen LogP contribution >= 0.6 is 0 Å². The number of ether oxygens (including phenoxy) is 2. The largest absolute Gasteiger partial charge is 0.493 e. The van der Waals surface area contributed by atoms with Gasteiger partial charge in [0, 0.05) is 52.0 Å². The van der Waals surface area contributed by atoms with Crippen LogP contribution in [0.25, 0.3) is 0 Å². The Morgan fingerprint density at radius 2 is 2.06 bits per heavy atom. The molecule has 6 bridgehead atoms. The topological polar surface area (TPSA) is 58.5 Å². The molecule has 0 amide bonds. The summed E-state index contributed by atoms with van der Waals surface area (Å²) in [5.41, 5.74) is 4.20. The maximum atomic E-state index is 5.98. The molecule has 2 aromatic rings. The second-order valence-corrected chi connectivity index (χ2v) is 7.79. The van der Waals surface area contributed by atoms with Crippen molar-refractivity contribution in [1.29, 1.82) is 0 Å². The number of rotatable bonds is 3. The Morgan fingerprint density at radius 1 is 1.12 bits per heavy atom. The Hall–Kier alpha value is -3.22. The van der Waals surface area contributed by atoms with Gasteiger partial charge in [-0.15, -0.1) is 0 Å². The van der Waals surface area contributed by atoms with Gasteiger partial charge < -0.3 is 14.8 Å². The molecule has 0 aromatic heterocycles. The van der Waals surface area contributed by atoms with E-state index in [0.29, 0.717) is 19.2 Å². The van der Waals surface area contributed by atoms with Crippen LogP contribution in [0, 0.1) is 0 Å². The zero-order valence-electron chi connectivity index (χ0n) is 18.5. The number of guanidine groups is 1. The van der Waals surface area contributed by atoms with Gasteiger partial charge in [-0.3, -0.25) is 4.90 Å². The third kappa shape index (κ3) is 6.39. The van der Waals surface area contributed by atoms with Crippen molar-refractivity contribution in [2.24, 2.45) is 9.98 Å². The highest BCUT2D eigenvalue weighted by atomic mass is 16.5. The molecular weight excluding hydrogens is 400 g/mol. The summed E-state index contributed by atoms with van der Waals surface area (Å²) in [6.07, 6.45) is 9.82. The SMILES string of the molecule is COCCN1C/C=C/CCOc2cccc(c2)C2=NC(=NC=CC2)Nc2cccc(c2)C1.[HH]. The summed E-state index contributed by atoms with van der Waals surface area (Å²) in [5.74, 6) is 1.44. The lowest BCUT2D eigenvalue weighted by molar-refractivity contribution is 0.151. The minimum atomic E-state index is 0. The Morgan fingerprint density at radius 3 is 3.00 bits per heavy atom. The van der Waals surface area contributed by atoms with Gasteiger partial charge in [0.1, 0.15) is 5.75 Å². The van der Waals surface area contributed by atoms with Crippen molar-refractivity contribution >= 4 is 17.4 Å². The zero-order valence-corrected chi connectivity index (χ0v) is 18.5. The molecule has 0 fully saturated rings. The fourth-order valence-corrected chi connectivity index (χ4v) is 3.67. The van der Waals surface area contributed by atoms with E-state index in [0.717, 1.165) is 55.2 Å². The molecule has 0 saturated heterocycles. The molecule has 2 aliphatic rings. The second-order valence-electron chi connectivity index (χ2n) is 7.79. The predicted molar refractivity (Wildman–Crippen MR) is 133 cm³/mol. The van der Waals surface area contributed by atoms with E-state index < -0.39 is 0 Å². The first-order valence-corrected chi connectivity index (χ1v) is 11.1. The molecule has 1 N–H and O–H groups in total. The van der Waals surface area contributed by atoms with Crippen molar-refractivity contribution in [2.75, 3.05) is 38.7 Å². The van der Waals surface area contributed by atoms with Crippen LogP contribution < -0.4 is 10.1 Å². The van der Waals surface area contributed by atoms with Crippen LogP contribution in [0.4, 0.5) is 5.69 Å². The van der Waals surface area contributed by atoms with Gasteiger partial charge in [-0.2, -0.15) is 0 Å². The quantitative estimate of drug-likeness (QED) is 0.702.